The van der Waals surface area contributed by atoms with E-state index >= 15 is 0 Å². The van der Waals surface area contributed by atoms with Gasteiger partial charge in [-0.1, -0.05) is 12.1 Å². The zero-order valence-electron chi connectivity index (χ0n) is 13.4. The fraction of sp³-hybridized carbons (Fsp3) is 0.353. The van der Waals surface area contributed by atoms with Crippen LogP contribution in [0.2, 0.25) is 0 Å². The third kappa shape index (κ3) is 3.47. The second-order valence-corrected chi connectivity index (χ2v) is 6.88. The lowest BCUT2D eigenvalue weighted by atomic mass is 10.1. The number of hydrogen-bond acceptors (Lipinski definition) is 5. The molecule has 1 N–H and O–H groups in total. The maximum atomic E-state index is 12.8. The van der Waals surface area contributed by atoms with E-state index in [9.17, 15) is 9.59 Å². The summed E-state index contributed by atoms with van der Waals surface area (Å²) >= 11 is 1.56. The van der Waals surface area contributed by atoms with Crippen molar-refractivity contribution in [3.8, 4) is 11.3 Å². The fourth-order valence-corrected chi connectivity index (χ4v) is 3.37. The number of thiazole rings is 1. The number of hydrogen-bond donors (Lipinski definition) is 1. The van der Waals surface area contributed by atoms with E-state index in [4.69, 9.17) is 9.84 Å². The second kappa shape index (κ2) is 6.70. The van der Waals surface area contributed by atoms with Gasteiger partial charge in [0.1, 0.15) is 0 Å². The number of carbonyl (C=O) groups excluding carboxylic acids is 1. The lowest BCUT2D eigenvalue weighted by Gasteiger charge is -2.35. The highest BCUT2D eigenvalue weighted by Crippen LogP contribution is 2.23. The van der Waals surface area contributed by atoms with Crippen LogP contribution < -0.4 is 0 Å². The maximum Gasteiger partial charge on any atom is 0.334 e. The molecule has 2 heterocycles. The SMILES string of the molecule is Cc1nc(-c2cccc(C(=O)N3CC(C(=O)O)O[C@H](C)C3)c2)cs1. The molecule has 0 spiro atoms. The summed E-state index contributed by atoms with van der Waals surface area (Å²) in [4.78, 5) is 29.9. The average Bonchev–Trinajstić information content (AvgIpc) is 3.00. The quantitative estimate of drug-likeness (QED) is 0.923. The molecule has 1 amide bonds. The Balaban J connectivity index is 1.83. The molecule has 126 valence electrons. The molecule has 1 fully saturated rings. The van der Waals surface area contributed by atoms with E-state index < -0.39 is 12.1 Å². The number of ether oxygens (including phenoxy) is 1. The van der Waals surface area contributed by atoms with Gasteiger partial charge in [-0.05, 0) is 26.0 Å². The van der Waals surface area contributed by atoms with Gasteiger partial charge in [-0.2, -0.15) is 0 Å². The maximum absolute atomic E-state index is 12.8. The van der Waals surface area contributed by atoms with E-state index in [-0.39, 0.29) is 18.6 Å². The summed E-state index contributed by atoms with van der Waals surface area (Å²) in [6.07, 6.45) is -1.30. The molecule has 1 unspecified atom stereocenters. The molecule has 0 aliphatic carbocycles. The number of morpholine rings is 1. The first-order valence-corrected chi connectivity index (χ1v) is 8.52. The lowest BCUT2D eigenvalue weighted by molar-refractivity contribution is -0.160. The minimum atomic E-state index is -1.05. The highest BCUT2D eigenvalue weighted by atomic mass is 32.1. The van der Waals surface area contributed by atoms with Crippen molar-refractivity contribution in [3.63, 3.8) is 0 Å². The van der Waals surface area contributed by atoms with Gasteiger partial charge < -0.3 is 14.7 Å². The number of aliphatic carboxylic acids is 1. The predicted octanol–water partition coefficient (Wildman–Crippen LogP) is 2.43. The smallest absolute Gasteiger partial charge is 0.334 e. The highest BCUT2D eigenvalue weighted by Gasteiger charge is 2.33. The van der Waals surface area contributed by atoms with E-state index in [1.807, 2.05) is 24.4 Å². The average molecular weight is 346 g/mol. The Kier molecular flexibility index (Phi) is 4.64. The number of carboxylic acids is 1. The van der Waals surface area contributed by atoms with Gasteiger partial charge in [0, 0.05) is 23.1 Å². The molecule has 7 heteroatoms. The minimum Gasteiger partial charge on any atom is -0.479 e. The molecule has 6 nitrogen and oxygen atoms in total. The Bertz CT molecular complexity index is 773. The van der Waals surface area contributed by atoms with E-state index in [1.54, 1.807) is 35.3 Å². The summed E-state index contributed by atoms with van der Waals surface area (Å²) in [6, 6.07) is 7.26. The molecule has 3 rings (SSSR count). The van der Waals surface area contributed by atoms with E-state index in [1.165, 1.54) is 0 Å². The molecule has 1 aliphatic rings. The van der Waals surface area contributed by atoms with Gasteiger partial charge >= 0.3 is 5.97 Å². The Morgan fingerprint density at radius 3 is 2.83 bits per heavy atom. The van der Waals surface area contributed by atoms with Gasteiger partial charge in [0.2, 0.25) is 0 Å². The molecule has 1 saturated heterocycles. The first kappa shape index (κ1) is 16.6. The number of nitrogens with zero attached hydrogens (tertiary/aromatic N) is 2. The van der Waals surface area contributed by atoms with Gasteiger partial charge in [-0.15, -0.1) is 11.3 Å². The number of carbonyl (C=O) groups is 2. The van der Waals surface area contributed by atoms with Crippen molar-refractivity contribution in [2.24, 2.45) is 0 Å². The molecule has 0 bridgehead atoms. The summed E-state index contributed by atoms with van der Waals surface area (Å²) in [5, 5.41) is 12.1. The van der Waals surface area contributed by atoms with Crippen LogP contribution in [-0.4, -0.2) is 52.2 Å². The van der Waals surface area contributed by atoms with Crippen LogP contribution >= 0.6 is 11.3 Å². The predicted molar refractivity (Wildman–Crippen MR) is 90.2 cm³/mol. The van der Waals surface area contributed by atoms with Crippen molar-refractivity contribution < 1.29 is 19.4 Å². The van der Waals surface area contributed by atoms with E-state index in [0.29, 0.717) is 12.1 Å². The molecule has 1 aromatic heterocycles. The van der Waals surface area contributed by atoms with Crippen LogP contribution in [0.25, 0.3) is 11.3 Å². The summed E-state index contributed by atoms with van der Waals surface area (Å²) in [5.74, 6) is -1.24. The van der Waals surface area contributed by atoms with Gasteiger partial charge in [0.05, 0.1) is 23.4 Å². The van der Waals surface area contributed by atoms with Crippen LogP contribution in [0.1, 0.15) is 22.3 Å². The van der Waals surface area contributed by atoms with E-state index in [0.717, 1.165) is 16.3 Å². The number of aromatic nitrogens is 1. The Hall–Kier alpha value is -2.25. The number of aryl methyl sites for hydroxylation is 1. The summed E-state index contributed by atoms with van der Waals surface area (Å²) < 4.78 is 5.36. The van der Waals surface area contributed by atoms with Crippen molar-refractivity contribution >= 4 is 23.2 Å². The molecular weight excluding hydrogens is 328 g/mol. The first-order valence-electron chi connectivity index (χ1n) is 7.64. The zero-order valence-corrected chi connectivity index (χ0v) is 14.2. The van der Waals surface area contributed by atoms with Crippen molar-refractivity contribution in [3.05, 3.63) is 40.2 Å². The molecule has 2 aromatic rings. The van der Waals surface area contributed by atoms with Crippen LogP contribution in [-0.2, 0) is 9.53 Å². The topological polar surface area (TPSA) is 79.7 Å². The fourth-order valence-electron chi connectivity index (χ4n) is 2.74. The normalized spacial score (nSPS) is 20.8. The largest absolute Gasteiger partial charge is 0.479 e. The molecule has 1 aliphatic heterocycles. The van der Waals surface area contributed by atoms with Gasteiger partial charge in [0.25, 0.3) is 5.91 Å². The number of amides is 1. The summed E-state index contributed by atoms with van der Waals surface area (Å²) in [5.41, 5.74) is 2.24. The number of rotatable bonds is 3. The second-order valence-electron chi connectivity index (χ2n) is 5.82. The third-order valence-electron chi connectivity index (χ3n) is 3.85. The van der Waals surface area contributed by atoms with Crippen LogP contribution in [0.5, 0.6) is 0 Å². The van der Waals surface area contributed by atoms with Crippen molar-refractivity contribution in [2.75, 3.05) is 13.1 Å². The van der Waals surface area contributed by atoms with Crippen LogP contribution in [0.3, 0.4) is 0 Å². The molecule has 2 atom stereocenters. The van der Waals surface area contributed by atoms with Crippen molar-refractivity contribution in [2.45, 2.75) is 26.1 Å². The van der Waals surface area contributed by atoms with Crippen LogP contribution in [0, 0.1) is 6.92 Å². The van der Waals surface area contributed by atoms with Crippen LogP contribution in [0.4, 0.5) is 0 Å². The molecule has 0 saturated carbocycles. The lowest BCUT2D eigenvalue weighted by Crippen LogP contribution is -2.51. The van der Waals surface area contributed by atoms with Gasteiger partial charge in [-0.25, -0.2) is 9.78 Å². The van der Waals surface area contributed by atoms with E-state index in [2.05, 4.69) is 4.98 Å². The van der Waals surface area contributed by atoms with Crippen molar-refractivity contribution in [1.82, 2.24) is 9.88 Å². The number of benzene rings is 1. The zero-order chi connectivity index (χ0) is 17.3. The highest BCUT2D eigenvalue weighted by molar-refractivity contribution is 7.09. The molecule has 1 aromatic carbocycles. The first-order chi connectivity index (χ1) is 11.4. The minimum absolute atomic E-state index is 0.0541. The molecule has 24 heavy (non-hydrogen) atoms. The monoisotopic (exact) mass is 346 g/mol. The number of carboxylic acid groups (broad SMARTS) is 1. The Morgan fingerprint density at radius 1 is 1.38 bits per heavy atom. The van der Waals surface area contributed by atoms with Gasteiger partial charge in [-0.3, -0.25) is 4.79 Å². The molecular formula is C17H18N2O4S. The summed E-state index contributed by atoms with van der Waals surface area (Å²) in [7, 11) is 0. The third-order valence-corrected chi connectivity index (χ3v) is 4.62. The molecule has 0 radical (unpaired) electrons. The van der Waals surface area contributed by atoms with Crippen LogP contribution in [0.15, 0.2) is 29.6 Å². The standard InChI is InChI=1S/C17H18N2O4S/c1-10-7-19(8-15(23-10)17(21)22)16(20)13-5-3-4-12(6-13)14-9-24-11(2)18-14/h3-6,9-10,15H,7-8H2,1-2H3,(H,21,22)/t10-,15?/m1/s1. The Labute approximate surface area is 143 Å². The summed E-state index contributed by atoms with van der Waals surface area (Å²) in [6.45, 7) is 4.13. The van der Waals surface area contributed by atoms with Gasteiger partial charge in [0.15, 0.2) is 6.10 Å². The Morgan fingerprint density at radius 2 is 2.17 bits per heavy atom. The van der Waals surface area contributed by atoms with Crippen molar-refractivity contribution in [1.29, 1.82) is 0 Å².